The molecule has 2 heterocycles. The van der Waals surface area contributed by atoms with Gasteiger partial charge < -0.3 is 17.0 Å². The van der Waals surface area contributed by atoms with Crippen LogP contribution in [0, 0.1) is 0 Å². The molecule has 2 aromatic rings. The van der Waals surface area contributed by atoms with E-state index in [2.05, 4.69) is 46.9 Å². The van der Waals surface area contributed by atoms with E-state index in [1.54, 1.807) is 0 Å². The Bertz CT molecular complexity index is 514. The highest BCUT2D eigenvalue weighted by molar-refractivity contribution is 5.49. The van der Waals surface area contributed by atoms with Crippen molar-refractivity contribution in [3.05, 3.63) is 48.8 Å². The maximum atomic E-state index is 4.47. The molecule has 0 aliphatic heterocycles. The molecule has 0 spiro atoms. The summed E-state index contributed by atoms with van der Waals surface area (Å²) in [7, 11) is 0. The van der Waals surface area contributed by atoms with Crippen LogP contribution in [0.25, 0.3) is 11.4 Å². The second kappa shape index (κ2) is 11.4. The van der Waals surface area contributed by atoms with Gasteiger partial charge in [-0.25, -0.2) is 4.98 Å². The summed E-state index contributed by atoms with van der Waals surface area (Å²) in [4.78, 5) is 4.47. The van der Waals surface area contributed by atoms with Gasteiger partial charge in [0.2, 0.25) is 5.69 Å². The van der Waals surface area contributed by atoms with E-state index in [-0.39, 0.29) is 17.0 Å². The van der Waals surface area contributed by atoms with Crippen molar-refractivity contribution in [2.45, 2.75) is 58.4 Å². The smallest absolute Gasteiger partial charge is 0.231 e. The summed E-state index contributed by atoms with van der Waals surface area (Å²) >= 11 is 0. The van der Waals surface area contributed by atoms with Gasteiger partial charge in [0.25, 0.3) is 0 Å². The Morgan fingerprint density at radius 1 is 0.864 bits per heavy atom. The minimum atomic E-state index is 0. The standard InChI is InChI=1S/C19H27N2.BrH/c1-2-3-4-5-6-7-11-16-21-17-12-9-14-19(21)18-13-8-10-15-20-18;/h8-10,12-15,17H,2-7,11,16H2,1H3;1H/q+1;/p-1. The lowest BCUT2D eigenvalue weighted by molar-refractivity contribution is -0.686. The fourth-order valence-electron chi connectivity index (χ4n) is 2.66. The predicted molar refractivity (Wildman–Crippen MR) is 87.9 cm³/mol. The Labute approximate surface area is 145 Å². The predicted octanol–water partition coefficient (Wildman–Crippen LogP) is 1.79. The lowest BCUT2D eigenvalue weighted by Gasteiger charge is -2.04. The van der Waals surface area contributed by atoms with Crippen molar-refractivity contribution in [3.8, 4) is 11.4 Å². The normalized spacial score (nSPS) is 10.2. The topological polar surface area (TPSA) is 16.8 Å². The summed E-state index contributed by atoms with van der Waals surface area (Å²) in [5.74, 6) is 0. The van der Waals surface area contributed by atoms with Crippen molar-refractivity contribution < 1.29 is 21.5 Å². The molecule has 0 bridgehead atoms. The van der Waals surface area contributed by atoms with E-state index in [4.69, 9.17) is 0 Å². The minimum absolute atomic E-state index is 0. The molecule has 3 heteroatoms. The van der Waals surface area contributed by atoms with E-state index < -0.39 is 0 Å². The van der Waals surface area contributed by atoms with Gasteiger partial charge in [0.1, 0.15) is 12.2 Å². The summed E-state index contributed by atoms with van der Waals surface area (Å²) in [6, 6.07) is 12.4. The van der Waals surface area contributed by atoms with E-state index in [1.807, 2.05) is 18.3 Å². The number of unbranched alkanes of at least 4 members (excludes halogenated alkanes) is 6. The molecule has 0 aliphatic rings. The first-order valence-electron chi connectivity index (χ1n) is 8.31. The lowest BCUT2D eigenvalue weighted by Crippen LogP contribution is -3.00. The largest absolute Gasteiger partial charge is 1.00 e. The maximum Gasteiger partial charge on any atom is 0.231 e. The van der Waals surface area contributed by atoms with Gasteiger partial charge in [-0.2, -0.15) is 4.57 Å². The number of hydrogen-bond donors (Lipinski definition) is 0. The summed E-state index contributed by atoms with van der Waals surface area (Å²) in [5, 5.41) is 0. The monoisotopic (exact) mass is 362 g/mol. The van der Waals surface area contributed by atoms with Crippen molar-refractivity contribution in [1.29, 1.82) is 0 Å². The van der Waals surface area contributed by atoms with Crippen molar-refractivity contribution in [3.63, 3.8) is 0 Å². The molecule has 0 aromatic carbocycles. The molecule has 120 valence electrons. The van der Waals surface area contributed by atoms with Crippen LogP contribution in [0.1, 0.15) is 51.9 Å². The fourth-order valence-corrected chi connectivity index (χ4v) is 2.66. The summed E-state index contributed by atoms with van der Waals surface area (Å²) < 4.78 is 2.33. The van der Waals surface area contributed by atoms with Crippen molar-refractivity contribution in [1.82, 2.24) is 4.98 Å². The summed E-state index contributed by atoms with van der Waals surface area (Å²) in [6.45, 7) is 3.35. The van der Waals surface area contributed by atoms with Gasteiger partial charge >= 0.3 is 0 Å². The number of pyridine rings is 2. The van der Waals surface area contributed by atoms with Gasteiger partial charge in [0, 0.05) is 24.8 Å². The number of rotatable bonds is 9. The first-order valence-corrected chi connectivity index (χ1v) is 8.31. The molecule has 2 aromatic heterocycles. The molecule has 0 fully saturated rings. The molecule has 0 atom stereocenters. The number of halogens is 1. The van der Waals surface area contributed by atoms with E-state index >= 15 is 0 Å². The Hall–Kier alpha value is -1.22. The average Bonchev–Trinajstić information content (AvgIpc) is 2.55. The Kier molecular flexibility index (Phi) is 9.72. The molecule has 0 unspecified atom stereocenters. The molecular weight excluding hydrogens is 336 g/mol. The van der Waals surface area contributed by atoms with Gasteiger partial charge in [0.15, 0.2) is 6.20 Å². The molecule has 0 radical (unpaired) electrons. The lowest BCUT2D eigenvalue weighted by atomic mass is 10.1. The van der Waals surface area contributed by atoms with Crippen LogP contribution in [0.2, 0.25) is 0 Å². The number of aryl methyl sites for hydroxylation is 1. The second-order valence-electron chi connectivity index (χ2n) is 5.62. The zero-order valence-electron chi connectivity index (χ0n) is 13.5. The van der Waals surface area contributed by atoms with Crippen molar-refractivity contribution in [2.75, 3.05) is 0 Å². The Balaban J connectivity index is 0.00000242. The van der Waals surface area contributed by atoms with Gasteiger partial charge in [-0.1, -0.05) is 45.1 Å². The van der Waals surface area contributed by atoms with Gasteiger partial charge in [-0.3, -0.25) is 0 Å². The van der Waals surface area contributed by atoms with E-state index in [9.17, 15) is 0 Å². The third-order valence-corrected chi connectivity index (χ3v) is 3.87. The number of aromatic nitrogens is 2. The third-order valence-electron chi connectivity index (χ3n) is 3.87. The zero-order valence-corrected chi connectivity index (χ0v) is 15.1. The molecule has 0 saturated carbocycles. The van der Waals surface area contributed by atoms with E-state index in [0.717, 1.165) is 12.2 Å². The van der Waals surface area contributed by atoms with Crippen molar-refractivity contribution in [2.24, 2.45) is 0 Å². The quantitative estimate of drug-likeness (QED) is 0.490. The molecule has 0 amide bonds. The molecule has 2 rings (SSSR count). The zero-order chi connectivity index (χ0) is 14.8. The Morgan fingerprint density at radius 2 is 1.59 bits per heavy atom. The molecule has 0 N–H and O–H groups in total. The molecule has 0 saturated heterocycles. The van der Waals surface area contributed by atoms with Crippen molar-refractivity contribution >= 4 is 0 Å². The van der Waals surface area contributed by atoms with Crippen LogP contribution in [-0.4, -0.2) is 4.98 Å². The van der Waals surface area contributed by atoms with Gasteiger partial charge in [0.05, 0.1) is 0 Å². The van der Waals surface area contributed by atoms with E-state index in [1.165, 1.54) is 50.6 Å². The highest BCUT2D eigenvalue weighted by atomic mass is 79.9. The maximum absolute atomic E-state index is 4.47. The van der Waals surface area contributed by atoms with Crippen LogP contribution in [0.4, 0.5) is 0 Å². The van der Waals surface area contributed by atoms with Crippen LogP contribution in [0.15, 0.2) is 48.8 Å². The Morgan fingerprint density at radius 3 is 2.32 bits per heavy atom. The van der Waals surface area contributed by atoms with Crippen LogP contribution in [0.5, 0.6) is 0 Å². The molecule has 22 heavy (non-hydrogen) atoms. The average molecular weight is 363 g/mol. The number of nitrogens with zero attached hydrogens (tertiary/aromatic N) is 2. The SMILES string of the molecule is CCCCCCCCC[n+]1ccccc1-c1ccccn1.[Br-]. The third kappa shape index (κ3) is 6.27. The first-order chi connectivity index (χ1) is 10.4. The highest BCUT2D eigenvalue weighted by Gasteiger charge is 2.12. The van der Waals surface area contributed by atoms with Crippen LogP contribution < -0.4 is 21.5 Å². The molecule has 2 nitrogen and oxygen atoms in total. The van der Waals surface area contributed by atoms with Crippen LogP contribution in [0.3, 0.4) is 0 Å². The number of hydrogen-bond acceptors (Lipinski definition) is 1. The first kappa shape index (κ1) is 18.8. The highest BCUT2D eigenvalue weighted by Crippen LogP contribution is 2.12. The second-order valence-corrected chi connectivity index (χ2v) is 5.62. The van der Waals surface area contributed by atoms with Gasteiger partial charge in [-0.05, 0) is 24.6 Å². The summed E-state index contributed by atoms with van der Waals surface area (Å²) in [5.41, 5.74) is 2.27. The van der Waals surface area contributed by atoms with Crippen LogP contribution >= 0.6 is 0 Å². The summed E-state index contributed by atoms with van der Waals surface area (Å²) in [6.07, 6.45) is 13.5. The molecule has 0 aliphatic carbocycles. The van der Waals surface area contributed by atoms with E-state index in [0.29, 0.717) is 0 Å². The van der Waals surface area contributed by atoms with Gasteiger partial charge in [-0.15, -0.1) is 0 Å². The minimum Gasteiger partial charge on any atom is -1.00 e. The molecular formula is C19H27BrN2. The fraction of sp³-hybridized carbons (Fsp3) is 0.474. The van der Waals surface area contributed by atoms with Crippen LogP contribution in [-0.2, 0) is 6.54 Å².